The zero-order valence-corrected chi connectivity index (χ0v) is 28.1. The maximum atomic E-state index is 13.4. The molecule has 1 atom stereocenters. The SMILES string of the molecule is Cc1ccc(S(=O)(=O)N(CC2CC2)[C@@H](CCCCNC(=O)OCC2c3ccccc3-c3ccccc32)C(=O)[O-])cc1.[K+]. The number of carbonyl (C=O) groups excluding carboxylic acids is 2. The molecule has 1 amide bonds. The fourth-order valence-electron chi connectivity index (χ4n) is 5.48. The van der Waals surface area contributed by atoms with E-state index in [1.165, 1.54) is 12.1 Å². The van der Waals surface area contributed by atoms with Crippen LogP contribution in [0.5, 0.6) is 0 Å². The summed E-state index contributed by atoms with van der Waals surface area (Å²) in [6, 6.07) is 21.4. The number of amides is 1. The largest absolute Gasteiger partial charge is 1.00 e. The van der Waals surface area contributed by atoms with Crippen LogP contribution in [0, 0.1) is 12.8 Å². The van der Waals surface area contributed by atoms with Crippen LogP contribution < -0.4 is 61.8 Å². The third kappa shape index (κ3) is 7.71. The molecule has 8 nitrogen and oxygen atoms in total. The number of rotatable bonds is 13. The molecule has 2 aliphatic carbocycles. The summed E-state index contributed by atoms with van der Waals surface area (Å²) in [5, 5.41) is 14.9. The van der Waals surface area contributed by atoms with Crippen molar-refractivity contribution in [3.8, 4) is 11.1 Å². The molecule has 0 spiro atoms. The van der Waals surface area contributed by atoms with Gasteiger partial charge in [0.1, 0.15) is 6.61 Å². The van der Waals surface area contributed by atoms with E-state index in [4.69, 9.17) is 4.74 Å². The number of sulfonamides is 1. The summed E-state index contributed by atoms with van der Waals surface area (Å²) < 4.78 is 33.5. The topological polar surface area (TPSA) is 116 Å². The van der Waals surface area contributed by atoms with Gasteiger partial charge in [-0.2, -0.15) is 4.31 Å². The van der Waals surface area contributed by atoms with Gasteiger partial charge in [-0.25, -0.2) is 13.2 Å². The first-order valence-corrected chi connectivity index (χ1v) is 15.6. The number of carboxylic acid groups (broad SMARTS) is 1. The second kappa shape index (κ2) is 14.6. The van der Waals surface area contributed by atoms with E-state index in [9.17, 15) is 23.1 Å². The summed E-state index contributed by atoms with van der Waals surface area (Å²) in [6.07, 6.45) is 2.17. The van der Waals surface area contributed by atoms with Gasteiger partial charge in [0.15, 0.2) is 0 Å². The summed E-state index contributed by atoms with van der Waals surface area (Å²) >= 11 is 0. The molecule has 0 unspecified atom stereocenters. The van der Waals surface area contributed by atoms with Crippen molar-refractivity contribution < 1.29 is 79.2 Å². The molecule has 0 aromatic heterocycles. The molecule has 0 radical (unpaired) electrons. The number of carboxylic acids is 1. The number of alkyl carbamates (subject to hydrolysis) is 1. The molecule has 1 fully saturated rings. The van der Waals surface area contributed by atoms with Crippen LogP contribution in [0.15, 0.2) is 77.7 Å². The second-order valence-electron chi connectivity index (χ2n) is 10.9. The quantitative estimate of drug-likeness (QED) is 0.229. The first-order valence-electron chi connectivity index (χ1n) is 14.1. The average molecular weight is 615 g/mol. The third-order valence-electron chi connectivity index (χ3n) is 7.90. The Hall–Kier alpha value is -2.05. The Balaban J connectivity index is 0.00000405. The molecule has 2 aliphatic rings. The maximum Gasteiger partial charge on any atom is 1.00 e. The summed E-state index contributed by atoms with van der Waals surface area (Å²) in [7, 11) is -4.01. The number of carbonyl (C=O) groups is 2. The van der Waals surface area contributed by atoms with Crippen LogP contribution in [-0.4, -0.2) is 50.5 Å². The molecule has 3 aromatic rings. The molecular weight excluding hydrogens is 580 g/mol. The molecule has 42 heavy (non-hydrogen) atoms. The molecular formula is C32H35KN2O6S. The number of nitrogens with zero attached hydrogens (tertiary/aromatic N) is 1. The van der Waals surface area contributed by atoms with Crippen LogP contribution in [0.1, 0.15) is 54.7 Å². The maximum absolute atomic E-state index is 13.4. The van der Waals surface area contributed by atoms with E-state index in [-0.39, 0.29) is 94.2 Å². The van der Waals surface area contributed by atoms with Gasteiger partial charge in [0.2, 0.25) is 10.0 Å². The Morgan fingerprint density at radius 1 is 0.952 bits per heavy atom. The number of benzene rings is 3. The monoisotopic (exact) mass is 614 g/mol. The number of fused-ring (bicyclic) bond motifs is 3. The van der Waals surface area contributed by atoms with Crippen LogP contribution in [0.2, 0.25) is 0 Å². The minimum absolute atomic E-state index is 0. The number of nitrogens with one attached hydrogen (secondary N) is 1. The van der Waals surface area contributed by atoms with Gasteiger partial charge in [0.25, 0.3) is 0 Å². The van der Waals surface area contributed by atoms with E-state index in [1.54, 1.807) is 12.1 Å². The summed E-state index contributed by atoms with van der Waals surface area (Å²) in [6.45, 7) is 2.51. The van der Waals surface area contributed by atoms with Crippen LogP contribution >= 0.6 is 0 Å². The number of unbranched alkanes of at least 4 members (excludes halogenated alkanes) is 1. The molecule has 1 N–H and O–H groups in total. The van der Waals surface area contributed by atoms with Crippen molar-refractivity contribution in [2.24, 2.45) is 5.92 Å². The van der Waals surface area contributed by atoms with Gasteiger partial charge in [-0.3, -0.25) is 0 Å². The Bertz CT molecular complexity index is 1460. The molecule has 216 valence electrons. The molecule has 1 saturated carbocycles. The van der Waals surface area contributed by atoms with E-state index in [0.29, 0.717) is 12.8 Å². The molecule has 0 aliphatic heterocycles. The van der Waals surface area contributed by atoms with Gasteiger partial charge in [0, 0.05) is 19.0 Å². The Morgan fingerprint density at radius 3 is 2.12 bits per heavy atom. The summed E-state index contributed by atoms with van der Waals surface area (Å²) in [5.74, 6) is -1.29. The van der Waals surface area contributed by atoms with E-state index in [1.807, 2.05) is 31.2 Å². The van der Waals surface area contributed by atoms with E-state index >= 15 is 0 Å². The van der Waals surface area contributed by atoms with Gasteiger partial charge >= 0.3 is 57.5 Å². The van der Waals surface area contributed by atoms with Crippen LogP contribution in [0.3, 0.4) is 0 Å². The zero-order chi connectivity index (χ0) is 29.0. The Labute approximate surface area is 290 Å². The Morgan fingerprint density at radius 2 is 1.55 bits per heavy atom. The predicted octanol–water partition coefficient (Wildman–Crippen LogP) is 1.23. The van der Waals surface area contributed by atoms with Gasteiger partial charge in [-0.15, -0.1) is 0 Å². The average Bonchev–Trinajstić information content (AvgIpc) is 3.73. The molecule has 10 heteroatoms. The fraction of sp³-hybridized carbons (Fsp3) is 0.375. The predicted molar refractivity (Wildman–Crippen MR) is 154 cm³/mol. The molecule has 3 aromatic carbocycles. The number of ether oxygens (including phenoxy) is 1. The normalized spacial score (nSPS) is 14.9. The van der Waals surface area contributed by atoms with E-state index < -0.39 is 28.1 Å². The fourth-order valence-corrected chi connectivity index (χ4v) is 7.16. The van der Waals surface area contributed by atoms with Gasteiger partial charge in [-0.05, 0) is 79.3 Å². The summed E-state index contributed by atoms with van der Waals surface area (Å²) in [5.41, 5.74) is 5.48. The van der Waals surface area contributed by atoms with Crippen molar-refractivity contribution in [1.29, 1.82) is 0 Å². The van der Waals surface area contributed by atoms with E-state index in [0.717, 1.165) is 45.0 Å². The van der Waals surface area contributed by atoms with Crippen molar-refractivity contribution in [1.82, 2.24) is 9.62 Å². The Kier molecular flexibility index (Phi) is 11.4. The second-order valence-corrected chi connectivity index (χ2v) is 12.8. The van der Waals surface area contributed by atoms with Crippen LogP contribution in [0.4, 0.5) is 4.79 Å². The number of aryl methyl sites for hydroxylation is 1. The number of aliphatic carboxylic acids is 1. The van der Waals surface area contributed by atoms with Gasteiger partial charge in [0.05, 0.1) is 16.9 Å². The minimum atomic E-state index is -4.01. The van der Waals surface area contributed by atoms with Crippen molar-refractivity contribution >= 4 is 22.1 Å². The molecule has 0 heterocycles. The van der Waals surface area contributed by atoms with Crippen LogP contribution in [0.25, 0.3) is 11.1 Å². The third-order valence-corrected chi connectivity index (χ3v) is 9.79. The number of hydrogen-bond acceptors (Lipinski definition) is 6. The minimum Gasteiger partial charge on any atom is -0.548 e. The molecule has 0 saturated heterocycles. The standard InChI is InChI=1S/C32H36N2O6S.K/c1-22-13-17-24(18-14-22)41(38,39)34(20-23-15-16-23)30(31(35)36)12-6-7-19-33-32(37)40-21-29-27-10-4-2-8-25(27)26-9-3-5-11-28(26)29;/h2-5,8-11,13-14,17-18,23,29-30H,6-7,12,15-16,19-21H2,1H3,(H,33,37)(H,35,36);/q;+1/p-1/t30-;/m0./s1. The van der Waals surface area contributed by atoms with E-state index in [2.05, 4.69) is 29.6 Å². The van der Waals surface area contributed by atoms with Gasteiger partial charge < -0.3 is 20.0 Å². The first-order chi connectivity index (χ1) is 19.8. The molecule has 5 rings (SSSR count). The molecule has 0 bridgehead atoms. The van der Waals surface area contributed by atoms with Crippen LogP contribution in [-0.2, 0) is 19.6 Å². The van der Waals surface area contributed by atoms with Gasteiger partial charge in [-0.1, -0.05) is 66.2 Å². The van der Waals surface area contributed by atoms with Crippen molar-refractivity contribution in [2.75, 3.05) is 19.7 Å². The van der Waals surface area contributed by atoms with Crippen molar-refractivity contribution in [3.63, 3.8) is 0 Å². The first kappa shape index (κ1) is 32.9. The summed E-state index contributed by atoms with van der Waals surface area (Å²) in [4.78, 5) is 24.7. The zero-order valence-electron chi connectivity index (χ0n) is 24.1. The van der Waals surface area contributed by atoms with Crippen molar-refractivity contribution in [2.45, 2.75) is 55.9 Å². The number of hydrogen-bond donors (Lipinski definition) is 1. The van der Waals surface area contributed by atoms with Crippen molar-refractivity contribution in [3.05, 3.63) is 89.5 Å². The smallest absolute Gasteiger partial charge is 0.548 e.